The van der Waals surface area contributed by atoms with Gasteiger partial charge in [-0.25, -0.2) is 0 Å². The molecule has 1 rings (SSSR count). The molecule has 0 unspecified atom stereocenters. The van der Waals surface area contributed by atoms with Crippen molar-refractivity contribution in [2.45, 2.75) is 59.3 Å². The summed E-state index contributed by atoms with van der Waals surface area (Å²) < 4.78 is 0. The summed E-state index contributed by atoms with van der Waals surface area (Å²) in [6.07, 6.45) is 11.6. The number of nitrogens with zero attached hydrogens (tertiary/aromatic N) is 2. The summed E-state index contributed by atoms with van der Waals surface area (Å²) in [5, 5.41) is 0. The SMILES string of the molecule is CCCCN(CCCC)CCCC.c1ccncc1. The van der Waals surface area contributed by atoms with Gasteiger partial charge in [-0.1, -0.05) is 46.1 Å². The molecule has 0 aromatic carbocycles. The highest BCUT2D eigenvalue weighted by molar-refractivity contribution is 4.88. The van der Waals surface area contributed by atoms with E-state index in [1.54, 1.807) is 12.4 Å². The van der Waals surface area contributed by atoms with Crippen LogP contribution in [0.25, 0.3) is 0 Å². The van der Waals surface area contributed by atoms with E-state index in [9.17, 15) is 0 Å². The van der Waals surface area contributed by atoms with Gasteiger partial charge in [0, 0.05) is 12.4 Å². The van der Waals surface area contributed by atoms with Gasteiger partial charge in [0.05, 0.1) is 0 Å². The third-order valence-electron chi connectivity index (χ3n) is 3.05. The molecule has 1 aromatic heterocycles. The van der Waals surface area contributed by atoms with E-state index in [0.29, 0.717) is 0 Å². The summed E-state index contributed by atoms with van der Waals surface area (Å²) in [4.78, 5) is 6.42. The van der Waals surface area contributed by atoms with Crippen molar-refractivity contribution in [3.63, 3.8) is 0 Å². The summed E-state index contributed by atoms with van der Waals surface area (Å²) in [6, 6.07) is 5.72. The highest BCUT2D eigenvalue weighted by atomic mass is 15.1. The molecule has 0 aliphatic rings. The van der Waals surface area contributed by atoms with Crippen LogP contribution in [0, 0.1) is 0 Å². The maximum Gasteiger partial charge on any atom is 0.0267 e. The first-order chi connectivity index (χ1) is 9.35. The summed E-state index contributed by atoms with van der Waals surface area (Å²) in [5.41, 5.74) is 0. The van der Waals surface area contributed by atoms with Crippen molar-refractivity contribution >= 4 is 0 Å². The third-order valence-corrected chi connectivity index (χ3v) is 3.05. The van der Waals surface area contributed by atoms with Crippen LogP contribution >= 0.6 is 0 Å². The molecule has 0 aliphatic carbocycles. The minimum absolute atomic E-state index is 1.32. The first kappa shape index (κ1) is 18.1. The van der Waals surface area contributed by atoms with E-state index in [0.717, 1.165) is 0 Å². The third kappa shape index (κ3) is 13.3. The van der Waals surface area contributed by atoms with Gasteiger partial charge in [-0.2, -0.15) is 0 Å². The molecule has 2 heteroatoms. The Hall–Kier alpha value is -0.890. The van der Waals surface area contributed by atoms with Crippen LogP contribution in [0.5, 0.6) is 0 Å². The van der Waals surface area contributed by atoms with Crippen molar-refractivity contribution in [3.05, 3.63) is 30.6 Å². The van der Waals surface area contributed by atoms with Crippen LogP contribution in [0.1, 0.15) is 59.3 Å². The summed E-state index contributed by atoms with van der Waals surface area (Å²) >= 11 is 0. The van der Waals surface area contributed by atoms with Crippen molar-refractivity contribution in [2.75, 3.05) is 19.6 Å². The Balaban J connectivity index is 0.000000443. The number of unbranched alkanes of at least 4 members (excludes halogenated alkanes) is 3. The molecule has 2 nitrogen and oxygen atoms in total. The second-order valence-electron chi connectivity index (χ2n) is 4.93. The minimum atomic E-state index is 1.32. The van der Waals surface area contributed by atoms with Gasteiger partial charge in [0.15, 0.2) is 0 Å². The Morgan fingerprint density at radius 2 is 1.11 bits per heavy atom. The van der Waals surface area contributed by atoms with Crippen molar-refractivity contribution in [1.29, 1.82) is 0 Å². The monoisotopic (exact) mass is 264 g/mol. The summed E-state index contributed by atoms with van der Waals surface area (Å²) in [7, 11) is 0. The van der Waals surface area contributed by atoms with Gasteiger partial charge in [-0.3, -0.25) is 4.98 Å². The van der Waals surface area contributed by atoms with Gasteiger partial charge in [-0.05, 0) is 51.0 Å². The molecule has 0 spiro atoms. The average molecular weight is 264 g/mol. The maximum atomic E-state index is 3.78. The Bertz CT molecular complexity index is 203. The van der Waals surface area contributed by atoms with E-state index in [2.05, 4.69) is 30.7 Å². The maximum absolute atomic E-state index is 3.78. The fourth-order valence-corrected chi connectivity index (χ4v) is 1.79. The average Bonchev–Trinajstić information content (AvgIpc) is 2.49. The molecule has 0 saturated heterocycles. The van der Waals surface area contributed by atoms with Crippen molar-refractivity contribution < 1.29 is 0 Å². The fraction of sp³-hybridized carbons (Fsp3) is 0.706. The highest BCUT2D eigenvalue weighted by Gasteiger charge is 2.01. The lowest BCUT2D eigenvalue weighted by molar-refractivity contribution is 0.261. The zero-order valence-electron chi connectivity index (χ0n) is 13.1. The van der Waals surface area contributed by atoms with Gasteiger partial charge in [-0.15, -0.1) is 0 Å². The molecular weight excluding hydrogens is 232 g/mol. The zero-order chi connectivity index (χ0) is 14.2. The van der Waals surface area contributed by atoms with E-state index in [1.807, 2.05) is 18.2 Å². The lowest BCUT2D eigenvalue weighted by atomic mass is 10.2. The molecule has 0 amide bonds. The van der Waals surface area contributed by atoms with Crippen LogP contribution in [0.15, 0.2) is 30.6 Å². The van der Waals surface area contributed by atoms with Crippen LogP contribution in [0.2, 0.25) is 0 Å². The van der Waals surface area contributed by atoms with Gasteiger partial charge in [0.25, 0.3) is 0 Å². The predicted molar refractivity (Wildman–Crippen MR) is 85.4 cm³/mol. The van der Waals surface area contributed by atoms with Crippen molar-refractivity contribution in [2.24, 2.45) is 0 Å². The molecule has 1 aromatic rings. The summed E-state index contributed by atoms with van der Waals surface area (Å²) in [5.74, 6) is 0. The quantitative estimate of drug-likeness (QED) is 0.638. The van der Waals surface area contributed by atoms with Crippen LogP contribution < -0.4 is 0 Å². The Kier molecular flexibility index (Phi) is 14.5. The molecule has 0 radical (unpaired) electrons. The molecule has 0 bridgehead atoms. The van der Waals surface area contributed by atoms with Crippen molar-refractivity contribution in [1.82, 2.24) is 9.88 Å². The molecule has 1 heterocycles. The Morgan fingerprint density at radius 3 is 1.32 bits per heavy atom. The largest absolute Gasteiger partial charge is 0.303 e. The van der Waals surface area contributed by atoms with E-state index >= 15 is 0 Å². The van der Waals surface area contributed by atoms with Gasteiger partial charge < -0.3 is 4.90 Å². The first-order valence-corrected chi connectivity index (χ1v) is 7.92. The smallest absolute Gasteiger partial charge is 0.0267 e. The summed E-state index contributed by atoms with van der Waals surface area (Å²) in [6.45, 7) is 10.8. The van der Waals surface area contributed by atoms with Crippen molar-refractivity contribution in [3.8, 4) is 0 Å². The zero-order valence-corrected chi connectivity index (χ0v) is 13.1. The number of pyridine rings is 1. The number of hydrogen-bond acceptors (Lipinski definition) is 2. The van der Waals surface area contributed by atoms with Crippen LogP contribution in [-0.2, 0) is 0 Å². The van der Waals surface area contributed by atoms with E-state index in [1.165, 1.54) is 58.2 Å². The topological polar surface area (TPSA) is 16.1 Å². The lowest BCUT2D eigenvalue weighted by Gasteiger charge is -2.21. The van der Waals surface area contributed by atoms with E-state index in [-0.39, 0.29) is 0 Å². The van der Waals surface area contributed by atoms with Gasteiger partial charge in [0.2, 0.25) is 0 Å². The molecule has 0 atom stereocenters. The molecule has 0 saturated carbocycles. The predicted octanol–water partition coefficient (Wildman–Crippen LogP) is 4.77. The lowest BCUT2D eigenvalue weighted by Crippen LogP contribution is -2.27. The van der Waals surface area contributed by atoms with Crippen LogP contribution in [0.4, 0.5) is 0 Å². The highest BCUT2D eigenvalue weighted by Crippen LogP contribution is 2.01. The second kappa shape index (κ2) is 15.2. The molecule has 0 fully saturated rings. The fourth-order valence-electron chi connectivity index (χ4n) is 1.79. The Labute approximate surface area is 120 Å². The number of rotatable bonds is 9. The molecule has 19 heavy (non-hydrogen) atoms. The van der Waals surface area contributed by atoms with Gasteiger partial charge in [0.1, 0.15) is 0 Å². The Morgan fingerprint density at radius 1 is 0.684 bits per heavy atom. The second-order valence-corrected chi connectivity index (χ2v) is 4.93. The molecule has 0 N–H and O–H groups in total. The normalized spacial score (nSPS) is 10.1. The van der Waals surface area contributed by atoms with Crippen LogP contribution in [0.3, 0.4) is 0 Å². The molecular formula is C17H32N2. The van der Waals surface area contributed by atoms with Crippen LogP contribution in [-0.4, -0.2) is 29.5 Å². The first-order valence-electron chi connectivity index (χ1n) is 7.92. The van der Waals surface area contributed by atoms with Gasteiger partial charge >= 0.3 is 0 Å². The standard InChI is InChI=1S/C12H27N.C5H5N/c1-4-7-10-13(11-8-5-2)12-9-6-3;1-2-4-6-5-3-1/h4-12H2,1-3H3;1-5H. The number of aromatic nitrogens is 1. The molecule has 110 valence electrons. The molecule has 0 aliphatic heterocycles. The van der Waals surface area contributed by atoms with E-state index < -0.39 is 0 Å². The van der Waals surface area contributed by atoms with E-state index in [4.69, 9.17) is 0 Å². The number of hydrogen-bond donors (Lipinski definition) is 0. The minimum Gasteiger partial charge on any atom is -0.303 e.